The second-order valence-corrected chi connectivity index (χ2v) is 3.60. The molecule has 0 fully saturated rings. The van der Waals surface area contributed by atoms with Crippen molar-refractivity contribution in [2.45, 2.75) is 12.5 Å². The minimum Gasteiger partial charge on any atom is -0.503 e. The van der Waals surface area contributed by atoms with Crippen LogP contribution in [0.15, 0.2) is 12.1 Å². The lowest BCUT2D eigenvalue weighted by Crippen LogP contribution is -2.15. The van der Waals surface area contributed by atoms with E-state index in [-0.39, 0.29) is 22.9 Å². The predicted molar refractivity (Wildman–Crippen MR) is 58.9 cm³/mol. The van der Waals surface area contributed by atoms with Crippen LogP contribution in [0.3, 0.4) is 0 Å². The van der Waals surface area contributed by atoms with Gasteiger partial charge in [0.05, 0.1) is 18.6 Å². The number of ether oxygens (including phenoxy) is 1. The van der Waals surface area contributed by atoms with Gasteiger partial charge < -0.3 is 20.7 Å². The third kappa shape index (κ3) is 2.56. The number of phenols is 1. The van der Waals surface area contributed by atoms with Crippen LogP contribution in [0.2, 0.25) is 5.02 Å². The first-order valence-electron chi connectivity index (χ1n) is 4.50. The maximum atomic E-state index is 10.5. The van der Waals surface area contributed by atoms with Crippen molar-refractivity contribution in [2.24, 2.45) is 5.73 Å². The van der Waals surface area contributed by atoms with E-state index in [1.807, 2.05) is 0 Å². The van der Waals surface area contributed by atoms with Gasteiger partial charge in [-0.25, -0.2) is 0 Å². The maximum Gasteiger partial charge on any atom is 0.305 e. The molecule has 88 valence electrons. The van der Waals surface area contributed by atoms with Crippen molar-refractivity contribution >= 4 is 17.6 Å². The average molecular weight is 246 g/mol. The summed E-state index contributed by atoms with van der Waals surface area (Å²) in [6.07, 6.45) is -0.258. The molecule has 0 saturated heterocycles. The minimum absolute atomic E-state index is 0.0214. The molecule has 16 heavy (non-hydrogen) atoms. The molecule has 6 heteroatoms. The van der Waals surface area contributed by atoms with Crippen LogP contribution in [0.1, 0.15) is 18.0 Å². The number of rotatable bonds is 4. The van der Waals surface area contributed by atoms with E-state index in [0.29, 0.717) is 5.56 Å². The van der Waals surface area contributed by atoms with Crippen molar-refractivity contribution in [3.63, 3.8) is 0 Å². The Morgan fingerprint density at radius 1 is 1.62 bits per heavy atom. The van der Waals surface area contributed by atoms with E-state index < -0.39 is 12.0 Å². The summed E-state index contributed by atoms with van der Waals surface area (Å²) in [5, 5.41) is 18.2. The summed E-state index contributed by atoms with van der Waals surface area (Å²) in [7, 11) is 1.39. The summed E-state index contributed by atoms with van der Waals surface area (Å²) in [5.74, 6) is -1.04. The number of benzene rings is 1. The number of aliphatic carboxylic acids is 1. The molecule has 0 bridgehead atoms. The Bertz CT molecular complexity index is 408. The third-order valence-corrected chi connectivity index (χ3v) is 2.52. The van der Waals surface area contributed by atoms with Crippen LogP contribution in [0.25, 0.3) is 0 Å². The van der Waals surface area contributed by atoms with Gasteiger partial charge in [-0.15, -0.1) is 0 Å². The van der Waals surface area contributed by atoms with Crippen molar-refractivity contribution in [2.75, 3.05) is 7.11 Å². The molecule has 1 rings (SSSR count). The highest BCUT2D eigenvalue weighted by atomic mass is 35.5. The van der Waals surface area contributed by atoms with E-state index in [9.17, 15) is 9.90 Å². The molecule has 0 amide bonds. The highest BCUT2D eigenvalue weighted by molar-refractivity contribution is 6.33. The maximum absolute atomic E-state index is 10.5. The lowest BCUT2D eigenvalue weighted by Gasteiger charge is -2.14. The predicted octanol–water partition coefficient (Wildman–Crippen LogP) is 1.53. The first-order valence-corrected chi connectivity index (χ1v) is 4.88. The fourth-order valence-electron chi connectivity index (χ4n) is 1.31. The molecule has 0 aliphatic carbocycles. The molecule has 0 radical (unpaired) electrons. The van der Waals surface area contributed by atoms with Crippen molar-refractivity contribution in [3.8, 4) is 11.5 Å². The Hall–Kier alpha value is -1.46. The Kier molecular flexibility index (Phi) is 3.98. The number of hydrogen-bond acceptors (Lipinski definition) is 4. The molecule has 0 aromatic heterocycles. The molecule has 0 aliphatic rings. The highest BCUT2D eigenvalue weighted by Crippen LogP contribution is 2.38. The topological polar surface area (TPSA) is 92.8 Å². The average Bonchev–Trinajstić information content (AvgIpc) is 2.20. The summed E-state index contributed by atoms with van der Waals surface area (Å²) in [6.45, 7) is 0. The molecule has 4 N–H and O–H groups in total. The van der Waals surface area contributed by atoms with E-state index >= 15 is 0 Å². The number of nitrogens with two attached hydrogens (primary N) is 1. The van der Waals surface area contributed by atoms with Crippen molar-refractivity contribution in [1.82, 2.24) is 0 Å². The molecule has 0 spiro atoms. The van der Waals surface area contributed by atoms with Gasteiger partial charge >= 0.3 is 5.97 Å². The number of methoxy groups -OCH3 is 1. The molecule has 1 aromatic rings. The fourth-order valence-corrected chi connectivity index (χ4v) is 1.61. The largest absolute Gasteiger partial charge is 0.503 e. The number of halogens is 1. The summed E-state index contributed by atoms with van der Waals surface area (Å²) >= 11 is 5.85. The van der Waals surface area contributed by atoms with Crippen LogP contribution in [0.5, 0.6) is 11.5 Å². The highest BCUT2D eigenvalue weighted by Gasteiger charge is 2.18. The van der Waals surface area contributed by atoms with Gasteiger partial charge in [-0.1, -0.05) is 17.7 Å². The fraction of sp³-hybridized carbons (Fsp3) is 0.300. The van der Waals surface area contributed by atoms with E-state index in [1.165, 1.54) is 19.2 Å². The van der Waals surface area contributed by atoms with Gasteiger partial charge in [-0.3, -0.25) is 4.79 Å². The van der Waals surface area contributed by atoms with Gasteiger partial charge in [0.2, 0.25) is 0 Å². The van der Waals surface area contributed by atoms with Gasteiger partial charge in [0.15, 0.2) is 11.5 Å². The minimum atomic E-state index is -1.03. The molecule has 0 heterocycles. The van der Waals surface area contributed by atoms with Crippen molar-refractivity contribution in [3.05, 3.63) is 22.7 Å². The molecular weight excluding hydrogens is 234 g/mol. The summed E-state index contributed by atoms with van der Waals surface area (Å²) in [6, 6.07) is 2.26. The Balaban J connectivity index is 3.06. The SMILES string of the molecule is COc1ccc(C(N)CC(=O)O)c(Cl)c1O. The van der Waals surface area contributed by atoms with E-state index in [1.54, 1.807) is 0 Å². The van der Waals surface area contributed by atoms with Crippen LogP contribution in [0.4, 0.5) is 0 Å². The number of aromatic hydroxyl groups is 1. The van der Waals surface area contributed by atoms with E-state index in [4.69, 9.17) is 27.2 Å². The quantitative estimate of drug-likeness (QED) is 0.748. The smallest absolute Gasteiger partial charge is 0.305 e. The van der Waals surface area contributed by atoms with Crippen molar-refractivity contribution < 1.29 is 19.7 Å². The number of phenolic OH excluding ortho intramolecular Hbond substituents is 1. The molecule has 1 aromatic carbocycles. The first-order chi connectivity index (χ1) is 7.47. The van der Waals surface area contributed by atoms with Gasteiger partial charge in [-0.05, 0) is 11.6 Å². The van der Waals surface area contributed by atoms with E-state index in [0.717, 1.165) is 0 Å². The van der Waals surface area contributed by atoms with Gasteiger partial charge in [-0.2, -0.15) is 0 Å². The Morgan fingerprint density at radius 3 is 2.75 bits per heavy atom. The molecule has 0 aliphatic heterocycles. The van der Waals surface area contributed by atoms with Crippen LogP contribution in [0, 0.1) is 0 Å². The van der Waals surface area contributed by atoms with Crippen LogP contribution in [-0.4, -0.2) is 23.3 Å². The Labute approximate surface area is 97.4 Å². The van der Waals surface area contributed by atoms with Crippen LogP contribution >= 0.6 is 11.6 Å². The lowest BCUT2D eigenvalue weighted by atomic mass is 10.0. The number of carboxylic acid groups (broad SMARTS) is 1. The van der Waals surface area contributed by atoms with Gasteiger partial charge in [0.25, 0.3) is 0 Å². The standard InChI is InChI=1S/C10H12ClNO4/c1-16-7-3-2-5(9(11)10(7)15)6(12)4-8(13)14/h2-3,6,15H,4,12H2,1H3,(H,13,14). The summed E-state index contributed by atoms with van der Waals surface area (Å²) in [5.41, 5.74) is 6.02. The first kappa shape index (κ1) is 12.6. The molecule has 1 unspecified atom stereocenters. The monoisotopic (exact) mass is 245 g/mol. The molecule has 5 nitrogen and oxygen atoms in total. The summed E-state index contributed by atoms with van der Waals surface area (Å²) < 4.78 is 4.85. The van der Waals surface area contributed by atoms with Gasteiger partial charge in [0.1, 0.15) is 0 Å². The molecular formula is C10H12ClNO4. The second kappa shape index (κ2) is 5.05. The summed E-state index contributed by atoms with van der Waals surface area (Å²) in [4.78, 5) is 10.5. The van der Waals surface area contributed by atoms with E-state index in [2.05, 4.69) is 0 Å². The second-order valence-electron chi connectivity index (χ2n) is 3.22. The Morgan fingerprint density at radius 2 is 2.25 bits per heavy atom. The number of hydrogen-bond donors (Lipinski definition) is 3. The number of carbonyl (C=O) groups is 1. The molecule has 1 atom stereocenters. The lowest BCUT2D eigenvalue weighted by molar-refractivity contribution is -0.137. The molecule has 0 saturated carbocycles. The van der Waals surface area contributed by atoms with Crippen LogP contribution in [-0.2, 0) is 4.79 Å². The zero-order chi connectivity index (χ0) is 12.3. The number of carboxylic acids is 1. The third-order valence-electron chi connectivity index (χ3n) is 2.12. The zero-order valence-electron chi connectivity index (χ0n) is 8.61. The normalized spacial score (nSPS) is 12.2. The van der Waals surface area contributed by atoms with Gasteiger partial charge in [0, 0.05) is 6.04 Å². The van der Waals surface area contributed by atoms with Crippen molar-refractivity contribution in [1.29, 1.82) is 0 Å². The zero-order valence-corrected chi connectivity index (χ0v) is 9.36. The van der Waals surface area contributed by atoms with Crippen LogP contribution < -0.4 is 10.5 Å².